The Morgan fingerprint density at radius 1 is 1.45 bits per heavy atom. The molecule has 0 aromatic carbocycles. The summed E-state index contributed by atoms with van der Waals surface area (Å²) >= 11 is 0. The summed E-state index contributed by atoms with van der Waals surface area (Å²) in [5, 5.41) is 9.70. The molecule has 0 bridgehead atoms. The fraction of sp³-hybridized carbons (Fsp3) is 0.923. The Morgan fingerprint density at radius 3 is 2.65 bits per heavy atom. The fourth-order valence-corrected chi connectivity index (χ4v) is 2.05. The van der Waals surface area contributed by atoms with E-state index in [0.717, 1.165) is 0 Å². The van der Waals surface area contributed by atoms with E-state index in [1.807, 2.05) is 13.8 Å². The summed E-state index contributed by atoms with van der Waals surface area (Å²) < 4.78 is 26.0. The summed E-state index contributed by atoms with van der Waals surface area (Å²) in [6, 6.07) is 0. The van der Waals surface area contributed by atoms with Crippen LogP contribution in [0.15, 0.2) is 0 Å². The lowest BCUT2D eigenvalue weighted by molar-refractivity contribution is -0.159. The van der Waals surface area contributed by atoms with E-state index in [1.54, 1.807) is 0 Å². The lowest BCUT2D eigenvalue weighted by Gasteiger charge is -2.23. The molecule has 0 aromatic rings. The molecule has 0 aliphatic carbocycles. The molecule has 7 heteroatoms. The van der Waals surface area contributed by atoms with Gasteiger partial charge in [0, 0.05) is 20.0 Å². The van der Waals surface area contributed by atoms with Crippen molar-refractivity contribution in [2.45, 2.75) is 50.8 Å². The zero-order valence-electron chi connectivity index (χ0n) is 12.5. The molecule has 1 aliphatic heterocycles. The second-order valence-corrected chi connectivity index (χ2v) is 5.16. The summed E-state index contributed by atoms with van der Waals surface area (Å²) in [7, 11) is 2.74. The Kier molecular flexibility index (Phi) is 6.84. The maximum atomic E-state index is 11.2. The van der Waals surface area contributed by atoms with Gasteiger partial charge in [-0.2, -0.15) is 0 Å². The third-order valence-electron chi connectivity index (χ3n) is 2.97. The second kappa shape index (κ2) is 7.90. The quantitative estimate of drug-likeness (QED) is 0.513. The minimum Gasteiger partial charge on any atom is -0.467 e. The van der Waals surface area contributed by atoms with Gasteiger partial charge in [-0.3, -0.25) is 0 Å². The van der Waals surface area contributed by atoms with Crippen molar-refractivity contribution in [3.63, 3.8) is 0 Å². The summed E-state index contributed by atoms with van der Waals surface area (Å²) in [6.45, 7) is 4.20. The van der Waals surface area contributed by atoms with Crippen LogP contribution in [-0.4, -0.2) is 62.8 Å². The molecular formula is C13H24O7. The first kappa shape index (κ1) is 17.3. The van der Waals surface area contributed by atoms with Gasteiger partial charge < -0.3 is 28.8 Å². The molecule has 1 saturated heterocycles. The van der Waals surface area contributed by atoms with E-state index in [4.69, 9.17) is 18.9 Å². The van der Waals surface area contributed by atoms with Gasteiger partial charge in [-0.1, -0.05) is 0 Å². The zero-order chi connectivity index (χ0) is 15.2. The Hall–Kier alpha value is -0.730. The zero-order valence-corrected chi connectivity index (χ0v) is 12.5. The molecule has 0 amide bonds. The molecule has 118 valence electrons. The molecule has 1 N–H and O–H groups in total. The molecule has 1 aliphatic rings. The van der Waals surface area contributed by atoms with Crippen LogP contribution in [-0.2, 0) is 28.5 Å². The average molecular weight is 292 g/mol. The Morgan fingerprint density at radius 2 is 2.15 bits per heavy atom. The largest absolute Gasteiger partial charge is 0.467 e. The number of methoxy groups -OCH3 is 2. The smallest absolute Gasteiger partial charge is 0.334 e. The fourth-order valence-electron chi connectivity index (χ4n) is 2.05. The van der Waals surface area contributed by atoms with E-state index in [9.17, 15) is 9.90 Å². The van der Waals surface area contributed by atoms with E-state index in [0.29, 0.717) is 13.0 Å². The minimum atomic E-state index is -1.22. The lowest BCUT2D eigenvalue weighted by atomic mass is 10.1. The van der Waals surface area contributed by atoms with Crippen molar-refractivity contribution in [3.8, 4) is 0 Å². The van der Waals surface area contributed by atoms with E-state index in [-0.39, 0.29) is 25.4 Å². The highest BCUT2D eigenvalue weighted by Gasteiger charge is 2.35. The van der Waals surface area contributed by atoms with Crippen molar-refractivity contribution in [3.05, 3.63) is 0 Å². The third kappa shape index (κ3) is 5.72. The van der Waals surface area contributed by atoms with Gasteiger partial charge in [0.05, 0.1) is 25.9 Å². The molecule has 0 spiro atoms. The first-order valence-electron chi connectivity index (χ1n) is 6.56. The number of aliphatic hydroxyl groups is 1. The first-order valence-corrected chi connectivity index (χ1v) is 6.56. The standard InChI is InChI=1S/C13H24O7/c1-13(2)19-7-10(20-13)5-9(18-8-16-3)6-11(14)12(15)17-4/h9-11,14H,5-8H2,1-4H3/t9-,10+,11-/m1/s1. The summed E-state index contributed by atoms with van der Waals surface area (Å²) in [4.78, 5) is 11.2. The number of esters is 1. The van der Waals surface area contributed by atoms with Gasteiger partial charge in [-0.05, 0) is 13.8 Å². The number of rotatable bonds is 8. The Labute approximate surface area is 119 Å². The SMILES string of the molecule is COCO[C@H](C[C@H]1COC(C)(C)O1)C[C@@H](O)C(=O)OC. The van der Waals surface area contributed by atoms with Crippen molar-refractivity contribution < 1.29 is 33.6 Å². The van der Waals surface area contributed by atoms with Gasteiger partial charge in [-0.25, -0.2) is 4.79 Å². The number of hydrogen-bond donors (Lipinski definition) is 1. The molecule has 0 aromatic heterocycles. The highest BCUT2D eigenvalue weighted by Crippen LogP contribution is 2.26. The lowest BCUT2D eigenvalue weighted by Crippen LogP contribution is -2.32. The van der Waals surface area contributed by atoms with Crippen LogP contribution >= 0.6 is 0 Å². The van der Waals surface area contributed by atoms with E-state index < -0.39 is 17.9 Å². The van der Waals surface area contributed by atoms with Gasteiger partial charge in [0.1, 0.15) is 6.79 Å². The van der Waals surface area contributed by atoms with E-state index in [2.05, 4.69) is 4.74 Å². The van der Waals surface area contributed by atoms with Crippen molar-refractivity contribution in [1.29, 1.82) is 0 Å². The molecule has 1 fully saturated rings. The normalized spacial score (nSPS) is 24.4. The number of aliphatic hydroxyl groups excluding tert-OH is 1. The van der Waals surface area contributed by atoms with Crippen LogP contribution < -0.4 is 0 Å². The van der Waals surface area contributed by atoms with Gasteiger partial charge in [0.2, 0.25) is 0 Å². The van der Waals surface area contributed by atoms with Crippen LogP contribution in [0.2, 0.25) is 0 Å². The molecule has 1 rings (SSSR count). The van der Waals surface area contributed by atoms with Crippen LogP contribution in [0.3, 0.4) is 0 Å². The van der Waals surface area contributed by atoms with E-state index in [1.165, 1.54) is 14.2 Å². The van der Waals surface area contributed by atoms with Gasteiger partial charge in [0.15, 0.2) is 11.9 Å². The molecular weight excluding hydrogens is 268 g/mol. The summed E-state index contributed by atoms with van der Waals surface area (Å²) in [6.07, 6.45) is -1.13. The summed E-state index contributed by atoms with van der Waals surface area (Å²) in [5.74, 6) is -1.29. The maximum absolute atomic E-state index is 11.2. The molecule has 3 atom stereocenters. The van der Waals surface area contributed by atoms with Crippen LogP contribution in [0, 0.1) is 0 Å². The van der Waals surface area contributed by atoms with Crippen LogP contribution in [0.4, 0.5) is 0 Å². The topological polar surface area (TPSA) is 83.5 Å². The van der Waals surface area contributed by atoms with Crippen molar-refractivity contribution >= 4 is 5.97 Å². The molecule has 1 heterocycles. The Balaban J connectivity index is 2.49. The van der Waals surface area contributed by atoms with Crippen molar-refractivity contribution in [2.24, 2.45) is 0 Å². The minimum absolute atomic E-state index is 0.0789. The predicted molar refractivity (Wildman–Crippen MR) is 68.9 cm³/mol. The number of carbonyl (C=O) groups is 1. The highest BCUT2D eigenvalue weighted by atomic mass is 16.7. The summed E-state index contributed by atoms with van der Waals surface area (Å²) in [5.41, 5.74) is 0. The third-order valence-corrected chi connectivity index (χ3v) is 2.97. The average Bonchev–Trinajstić information content (AvgIpc) is 2.74. The van der Waals surface area contributed by atoms with Gasteiger partial charge in [-0.15, -0.1) is 0 Å². The number of hydrogen-bond acceptors (Lipinski definition) is 7. The highest BCUT2D eigenvalue weighted by molar-refractivity contribution is 5.74. The maximum Gasteiger partial charge on any atom is 0.334 e. The number of ether oxygens (including phenoxy) is 5. The van der Waals surface area contributed by atoms with Crippen molar-refractivity contribution in [2.75, 3.05) is 27.6 Å². The molecule has 20 heavy (non-hydrogen) atoms. The predicted octanol–water partition coefficient (Wildman–Crippen LogP) is 0.441. The molecule has 0 saturated carbocycles. The Bertz CT molecular complexity index is 305. The molecule has 0 unspecified atom stereocenters. The van der Waals surface area contributed by atoms with Gasteiger partial charge >= 0.3 is 5.97 Å². The number of carbonyl (C=O) groups excluding carboxylic acids is 1. The monoisotopic (exact) mass is 292 g/mol. The van der Waals surface area contributed by atoms with Crippen LogP contribution in [0.5, 0.6) is 0 Å². The van der Waals surface area contributed by atoms with Crippen molar-refractivity contribution in [1.82, 2.24) is 0 Å². The van der Waals surface area contributed by atoms with Crippen LogP contribution in [0.25, 0.3) is 0 Å². The molecule has 7 nitrogen and oxygen atoms in total. The molecule has 0 radical (unpaired) electrons. The van der Waals surface area contributed by atoms with Crippen LogP contribution in [0.1, 0.15) is 26.7 Å². The first-order chi connectivity index (χ1) is 9.38. The second-order valence-electron chi connectivity index (χ2n) is 5.16. The van der Waals surface area contributed by atoms with E-state index >= 15 is 0 Å². The van der Waals surface area contributed by atoms with Gasteiger partial charge in [0.25, 0.3) is 0 Å².